The topological polar surface area (TPSA) is 37.8 Å². The molecule has 0 amide bonds. The summed E-state index contributed by atoms with van der Waals surface area (Å²) in [6, 6.07) is 5.11. The van der Waals surface area contributed by atoms with Gasteiger partial charge in [-0.15, -0.1) is 10.2 Å². The maximum Gasteiger partial charge on any atom is 0.152 e. The summed E-state index contributed by atoms with van der Waals surface area (Å²) in [6.45, 7) is 5.17. The van der Waals surface area contributed by atoms with Crippen molar-refractivity contribution in [3.63, 3.8) is 0 Å². The molecule has 3 nitrogen and oxygen atoms in total. The second kappa shape index (κ2) is 7.11. The quantitative estimate of drug-likeness (QED) is 0.821. The van der Waals surface area contributed by atoms with E-state index in [4.69, 9.17) is 11.6 Å². The zero-order chi connectivity index (χ0) is 14.5. The molecule has 1 N–H and O–H groups in total. The summed E-state index contributed by atoms with van der Waals surface area (Å²) in [7, 11) is 0. The number of rotatable bonds is 6. The SMILES string of the molecule is CC(C)NCCCc1nnc(-c2c(F)cccc2Cl)s1. The second-order valence-corrected chi connectivity index (χ2v) is 6.28. The molecule has 0 atom stereocenters. The van der Waals surface area contributed by atoms with Crippen molar-refractivity contribution in [1.29, 1.82) is 0 Å². The molecule has 20 heavy (non-hydrogen) atoms. The van der Waals surface area contributed by atoms with Gasteiger partial charge in [-0.3, -0.25) is 0 Å². The molecule has 2 aromatic rings. The Morgan fingerprint density at radius 3 is 2.85 bits per heavy atom. The van der Waals surface area contributed by atoms with Crippen molar-refractivity contribution in [1.82, 2.24) is 15.5 Å². The van der Waals surface area contributed by atoms with Crippen molar-refractivity contribution in [3.8, 4) is 10.6 Å². The lowest BCUT2D eigenvalue weighted by Gasteiger charge is -2.05. The van der Waals surface area contributed by atoms with Crippen LogP contribution in [0.4, 0.5) is 4.39 Å². The highest BCUT2D eigenvalue weighted by atomic mass is 35.5. The monoisotopic (exact) mass is 313 g/mol. The van der Waals surface area contributed by atoms with E-state index >= 15 is 0 Å². The highest BCUT2D eigenvalue weighted by Gasteiger charge is 2.14. The Kier molecular flexibility index (Phi) is 5.46. The summed E-state index contributed by atoms with van der Waals surface area (Å²) in [4.78, 5) is 0. The number of aromatic nitrogens is 2. The molecular formula is C14H17ClFN3S. The van der Waals surface area contributed by atoms with E-state index in [0.29, 0.717) is 21.6 Å². The predicted molar refractivity (Wildman–Crippen MR) is 81.8 cm³/mol. The summed E-state index contributed by atoms with van der Waals surface area (Å²) >= 11 is 7.42. The zero-order valence-corrected chi connectivity index (χ0v) is 13.1. The van der Waals surface area contributed by atoms with E-state index in [9.17, 15) is 4.39 Å². The van der Waals surface area contributed by atoms with Crippen molar-refractivity contribution in [2.75, 3.05) is 6.54 Å². The minimum Gasteiger partial charge on any atom is -0.315 e. The van der Waals surface area contributed by atoms with E-state index in [1.807, 2.05) is 0 Å². The van der Waals surface area contributed by atoms with Crippen molar-refractivity contribution >= 4 is 22.9 Å². The van der Waals surface area contributed by atoms with E-state index < -0.39 is 0 Å². The molecule has 0 aliphatic carbocycles. The third-order valence-electron chi connectivity index (χ3n) is 2.76. The average Bonchev–Trinajstić information content (AvgIpc) is 2.83. The summed E-state index contributed by atoms with van der Waals surface area (Å²) < 4.78 is 13.8. The Hall–Kier alpha value is -1.04. The lowest BCUT2D eigenvalue weighted by molar-refractivity contribution is 0.569. The molecule has 0 fully saturated rings. The molecule has 0 radical (unpaired) electrons. The normalized spacial score (nSPS) is 11.2. The first-order chi connectivity index (χ1) is 9.58. The number of hydrogen-bond acceptors (Lipinski definition) is 4. The lowest BCUT2D eigenvalue weighted by Crippen LogP contribution is -2.23. The maximum atomic E-state index is 13.8. The molecule has 6 heteroatoms. The Labute approximate surface area is 127 Å². The standard InChI is InChI=1S/C14H17ClFN3S/c1-9(2)17-8-4-7-12-18-19-14(20-12)13-10(15)5-3-6-11(13)16/h3,5-6,9,17H,4,7-8H2,1-2H3. The van der Waals surface area contributed by atoms with Crippen molar-refractivity contribution in [2.45, 2.75) is 32.7 Å². The molecular weight excluding hydrogens is 297 g/mol. The van der Waals surface area contributed by atoms with Crippen LogP contribution in [0.5, 0.6) is 0 Å². The van der Waals surface area contributed by atoms with Crippen LogP contribution < -0.4 is 5.32 Å². The number of nitrogens with one attached hydrogen (secondary N) is 1. The van der Waals surface area contributed by atoms with Gasteiger partial charge in [0, 0.05) is 12.5 Å². The fourth-order valence-electron chi connectivity index (χ4n) is 1.79. The van der Waals surface area contributed by atoms with Gasteiger partial charge < -0.3 is 5.32 Å². The van der Waals surface area contributed by atoms with Crippen LogP contribution in [-0.4, -0.2) is 22.8 Å². The van der Waals surface area contributed by atoms with Crippen molar-refractivity contribution in [3.05, 3.63) is 34.0 Å². The average molecular weight is 314 g/mol. The van der Waals surface area contributed by atoms with Crippen LogP contribution in [0.1, 0.15) is 25.3 Å². The van der Waals surface area contributed by atoms with Gasteiger partial charge in [0.2, 0.25) is 0 Å². The Morgan fingerprint density at radius 2 is 2.15 bits per heavy atom. The van der Waals surface area contributed by atoms with E-state index in [0.717, 1.165) is 24.4 Å². The van der Waals surface area contributed by atoms with Gasteiger partial charge in [0.05, 0.1) is 10.6 Å². The number of nitrogens with zero attached hydrogens (tertiary/aromatic N) is 2. The van der Waals surface area contributed by atoms with Crippen LogP contribution in [-0.2, 0) is 6.42 Å². The molecule has 1 heterocycles. The van der Waals surface area contributed by atoms with Gasteiger partial charge >= 0.3 is 0 Å². The highest BCUT2D eigenvalue weighted by molar-refractivity contribution is 7.14. The molecule has 0 aliphatic heterocycles. The summed E-state index contributed by atoms with van der Waals surface area (Å²) in [5.41, 5.74) is 0.346. The largest absolute Gasteiger partial charge is 0.315 e. The number of aryl methyl sites for hydroxylation is 1. The Balaban J connectivity index is 2.02. The zero-order valence-electron chi connectivity index (χ0n) is 11.5. The first-order valence-corrected chi connectivity index (χ1v) is 7.77. The van der Waals surface area contributed by atoms with Crippen LogP contribution in [0.3, 0.4) is 0 Å². The minimum atomic E-state index is -0.360. The Morgan fingerprint density at radius 1 is 1.35 bits per heavy atom. The minimum absolute atomic E-state index is 0.346. The first-order valence-electron chi connectivity index (χ1n) is 6.58. The maximum absolute atomic E-state index is 13.8. The number of hydrogen-bond donors (Lipinski definition) is 1. The number of benzene rings is 1. The van der Waals surface area contributed by atoms with E-state index in [-0.39, 0.29) is 5.82 Å². The fourth-order valence-corrected chi connectivity index (χ4v) is 3.04. The van der Waals surface area contributed by atoms with Gasteiger partial charge in [0.25, 0.3) is 0 Å². The highest BCUT2D eigenvalue weighted by Crippen LogP contribution is 2.32. The summed E-state index contributed by atoms with van der Waals surface area (Å²) in [6.07, 6.45) is 1.82. The van der Waals surface area contributed by atoms with Gasteiger partial charge in [0.1, 0.15) is 10.8 Å². The van der Waals surface area contributed by atoms with Crippen LogP contribution in [0.25, 0.3) is 10.6 Å². The molecule has 0 saturated carbocycles. The lowest BCUT2D eigenvalue weighted by atomic mass is 10.2. The molecule has 0 bridgehead atoms. The first kappa shape index (κ1) is 15.4. The van der Waals surface area contributed by atoms with Gasteiger partial charge in [0.15, 0.2) is 5.01 Å². The molecule has 1 aromatic carbocycles. The molecule has 0 spiro atoms. The van der Waals surface area contributed by atoms with Crippen LogP contribution in [0.2, 0.25) is 5.02 Å². The predicted octanol–water partition coefficient (Wildman–Crippen LogP) is 3.93. The van der Waals surface area contributed by atoms with Crippen LogP contribution in [0.15, 0.2) is 18.2 Å². The van der Waals surface area contributed by atoms with E-state index in [1.165, 1.54) is 17.4 Å². The van der Waals surface area contributed by atoms with Crippen LogP contribution >= 0.6 is 22.9 Å². The Bertz CT molecular complexity index is 551. The van der Waals surface area contributed by atoms with E-state index in [2.05, 4.69) is 29.4 Å². The van der Waals surface area contributed by atoms with E-state index in [1.54, 1.807) is 12.1 Å². The third-order valence-corrected chi connectivity index (χ3v) is 4.08. The van der Waals surface area contributed by atoms with Gasteiger partial charge in [-0.1, -0.05) is 42.9 Å². The second-order valence-electron chi connectivity index (χ2n) is 4.81. The smallest absolute Gasteiger partial charge is 0.152 e. The van der Waals surface area contributed by atoms with Gasteiger partial charge in [-0.2, -0.15) is 0 Å². The summed E-state index contributed by atoms with van der Waals surface area (Å²) in [5, 5.41) is 13.3. The van der Waals surface area contributed by atoms with Gasteiger partial charge in [-0.25, -0.2) is 4.39 Å². The number of halogens is 2. The third kappa shape index (κ3) is 3.98. The van der Waals surface area contributed by atoms with Crippen molar-refractivity contribution in [2.24, 2.45) is 0 Å². The fraction of sp³-hybridized carbons (Fsp3) is 0.429. The molecule has 0 saturated heterocycles. The molecule has 108 valence electrons. The molecule has 2 rings (SSSR count). The summed E-state index contributed by atoms with van der Waals surface area (Å²) in [5.74, 6) is -0.360. The molecule has 1 aromatic heterocycles. The molecule has 0 unspecified atom stereocenters. The van der Waals surface area contributed by atoms with Crippen molar-refractivity contribution < 1.29 is 4.39 Å². The molecule has 0 aliphatic rings. The van der Waals surface area contributed by atoms with Gasteiger partial charge in [-0.05, 0) is 25.1 Å². The van der Waals surface area contributed by atoms with Crippen LogP contribution in [0, 0.1) is 5.82 Å².